The summed E-state index contributed by atoms with van der Waals surface area (Å²) < 4.78 is 0. The largest absolute Gasteiger partial charge is 0.506 e. The number of anilines is 1. The van der Waals surface area contributed by atoms with Crippen LogP contribution in [0.3, 0.4) is 0 Å². The van der Waals surface area contributed by atoms with E-state index in [2.05, 4.69) is 5.32 Å². The lowest BCUT2D eigenvalue weighted by atomic mass is 10.1. The van der Waals surface area contributed by atoms with E-state index in [0.29, 0.717) is 5.56 Å². The highest BCUT2D eigenvalue weighted by Gasteiger charge is 2.12. The SMILES string of the molecule is N#C/C(=C\c1ccc([N+](=O)[O-])cc1)C(=O)Nc1ccccc1O. The van der Waals surface area contributed by atoms with Gasteiger partial charge in [-0.15, -0.1) is 0 Å². The number of rotatable bonds is 4. The lowest BCUT2D eigenvalue weighted by Crippen LogP contribution is -2.13. The molecule has 2 N–H and O–H groups in total. The zero-order valence-corrected chi connectivity index (χ0v) is 11.8. The Hall–Kier alpha value is -3.66. The topological polar surface area (TPSA) is 116 Å². The molecule has 2 aromatic rings. The minimum atomic E-state index is -0.688. The van der Waals surface area contributed by atoms with Crippen LogP contribution in [-0.4, -0.2) is 15.9 Å². The van der Waals surface area contributed by atoms with Gasteiger partial charge in [0.2, 0.25) is 0 Å². The van der Waals surface area contributed by atoms with Gasteiger partial charge in [0.05, 0.1) is 10.6 Å². The Morgan fingerprint density at radius 3 is 2.43 bits per heavy atom. The van der Waals surface area contributed by atoms with E-state index in [1.807, 2.05) is 0 Å². The fraction of sp³-hybridized carbons (Fsp3) is 0. The minimum Gasteiger partial charge on any atom is -0.506 e. The second kappa shape index (κ2) is 6.87. The number of nitrogens with zero attached hydrogens (tertiary/aromatic N) is 2. The Labute approximate surface area is 131 Å². The number of non-ortho nitro benzene ring substituents is 1. The van der Waals surface area contributed by atoms with Gasteiger partial charge in [0.25, 0.3) is 11.6 Å². The maximum absolute atomic E-state index is 12.1. The summed E-state index contributed by atoms with van der Waals surface area (Å²) in [6, 6.07) is 13.3. The molecule has 1 amide bonds. The summed E-state index contributed by atoms with van der Waals surface area (Å²) in [6.45, 7) is 0. The molecule has 7 heteroatoms. The molecule has 0 saturated carbocycles. The van der Waals surface area contributed by atoms with E-state index < -0.39 is 10.8 Å². The number of nitro benzene ring substituents is 1. The van der Waals surface area contributed by atoms with Gasteiger partial charge in [0.1, 0.15) is 17.4 Å². The van der Waals surface area contributed by atoms with Gasteiger partial charge in [-0.3, -0.25) is 14.9 Å². The van der Waals surface area contributed by atoms with Gasteiger partial charge in [-0.2, -0.15) is 5.26 Å². The van der Waals surface area contributed by atoms with Crippen molar-refractivity contribution in [3.05, 3.63) is 69.8 Å². The fourth-order valence-corrected chi connectivity index (χ4v) is 1.78. The molecular formula is C16H11N3O4. The van der Waals surface area contributed by atoms with Gasteiger partial charge in [0, 0.05) is 12.1 Å². The number of nitro groups is 1. The Morgan fingerprint density at radius 2 is 1.87 bits per heavy atom. The van der Waals surface area contributed by atoms with Crippen LogP contribution >= 0.6 is 0 Å². The number of nitriles is 1. The first kappa shape index (κ1) is 15.7. The van der Waals surface area contributed by atoms with Gasteiger partial charge >= 0.3 is 0 Å². The van der Waals surface area contributed by atoms with Crippen LogP contribution in [0.25, 0.3) is 6.08 Å². The molecule has 0 bridgehead atoms. The Bertz CT molecular complexity index is 820. The fourth-order valence-electron chi connectivity index (χ4n) is 1.78. The monoisotopic (exact) mass is 309 g/mol. The number of nitrogens with one attached hydrogen (secondary N) is 1. The van der Waals surface area contributed by atoms with Crippen LogP contribution in [-0.2, 0) is 4.79 Å². The van der Waals surface area contributed by atoms with Crippen LogP contribution < -0.4 is 5.32 Å². The third kappa shape index (κ3) is 3.92. The average Bonchev–Trinajstić information content (AvgIpc) is 2.55. The lowest BCUT2D eigenvalue weighted by Gasteiger charge is -2.06. The maximum atomic E-state index is 12.1. The molecule has 114 valence electrons. The maximum Gasteiger partial charge on any atom is 0.269 e. The van der Waals surface area contributed by atoms with E-state index in [9.17, 15) is 20.0 Å². The molecular weight excluding hydrogens is 298 g/mol. The van der Waals surface area contributed by atoms with Crippen LogP contribution in [0.15, 0.2) is 54.1 Å². The Morgan fingerprint density at radius 1 is 1.22 bits per heavy atom. The number of benzene rings is 2. The van der Waals surface area contributed by atoms with E-state index in [4.69, 9.17) is 5.26 Å². The van der Waals surface area contributed by atoms with Crippen molar-refractivity contribution in [2.75, 3.05) is 5.32 Å². The van der Waals surface area contributed by atoms with E-state index in [0.717, 1.165) is 0 Å². The summed E-state index contributed by atoms with van der Waals surface area (Å²) in [5.41, 5.74) is 0.378. The number of aromatic hydroxyl groups is 1. The van der Waals surface area contributed by atoms with Crippen LogP contribution in [0, 0.1) is 21.4 Å². The molecule has 0 aliphatic heterocycles. The van der Waals surface area contributed by atoms with E-state index >= 15 is 0 Å². The van der Waals surface area contributed by atoms with Crippen molar-refractivity contribution in [2.45, 2.75) is 0 Å². The van der Waals surface area contributed by atoms with Gasteiger partial charge in [-0.1, -0.05) is 12.1 Å². The van der Waals surface area contributed by atoms with Gasteiger partial charge in [0.15, 0.2) is 0 Å². The summed E-state index contributed by atoms with van der Waals surface area (Å²) in [5.74, 6) is -0.805. The second-order valence-corrected chi connectivity index (χ2v) is 4.49. The molecule has 0 spiro atoms. The number of amides is 1. The molecule has 0 atom stereocenters. The average molecular weight is 309 g/mol. The normalized spacial score (nSPS) is 10.7. The molecule has 0 aliphatic rings. The molecule has 0 aromatic heterocycles. The summed E-state index contributed by atoms with van der Waals surface area (Å²) in [5, 5.41) is 31.7. The van der Waals surface area contributed by atoms with Crippen LogP contribution in [0.1, 0.15) is 5.56 Å². The zero-order valence-electron chi connectivity index (χ0n) is 11.8. The predicted octanol–water partition coefficient (Wildman–Crippen LogP) is 2.85. The van der Waals surface area contributed by atoms with Gasteiger partial charge in [-0.25, -0.2) is 0 Å². The Kier molecular flexibility index (Phi) is 4.69. The van der Waals surface area contributed by atoms with Crippen LogP contribution in [0.4, 0.5) is 11.4 Å². The predicted molar refractivity (Wildman–Crippen MR) is 83.4 cm³/mol. The minimum absolute atomic E-state index is 0.0840. The molecule has 2 rings (SSSR count). The van der Waals surface area contributed by atoms with Crippen molar-refractivity contribution in [2.24, 2.45) is 0 Å². The van der Waals surface area contributed by atoms with Crippen molar-refractivity contribution in [3.63, 3.8) is 0 Å². The van der Waals surface area contributed by atoms with Crippen molar-refractivity contribution in [1.29, 1.82) is 5.26 Å². The number of phenols is 1. The first-order valence-electron chi connectivity index (χ1n) is 6.47. The van der Waals surface area contributed by atoms with Crippen molar-refractivity contribution >= 4 is 23.4 Å². The second-order valence-electron chi connectivity index (χ2n) is 4.49. The highest BCUT2D eigenvalue weighted by atomic mass is 16.6. The Balaban J connectivity index is 2.21. The summed E-state index contributed by atoms with van der Waals surface area (Å²) in [7, 11) is 0. The molecule has 23 heavy (non-hydrogen) atoms. The highest BCUT2D eigenvalue weighted by Crippen LogP contribution is 2.22. The number of hydrogen-bond acceptors (Lipinski definition) is 5. The number of carbonyl (C=O) groups excluding carboxylic acids is 1. The van der Waals surface area contributed by atoms with Crippen molar-refractivity contribution < 1.29 is 14.8 Å². The number of hydrogen-bond donors (Lipinski definition) is 2. The molecule has 0 saturated heterocycles. The summed E-state index contributed by atoms with van der Waals surface area (Å²) >= 11 is 0. The standard InChI is InChI=1S/C16H11N3O4/c17-10-12(9-11-5-7-13(8-6-11)19(22)23)16(21)18-14-3-1-2-4-15(14)20/h1-9,20H,(H,18,21)/b12-9+. The molecule has 0 heterocycles. The zero-order chi connectivity index (χ0) is 16.8. The highest BCUT2D eigenvalue weighted by molar-refractivity contribution is 6.10. The third-order valence-corrected chi connectivity index (χ3v) is 2.93. The van der Waals surface area contributed by atoms with E-state index in [1.165, 1.54) is 42.5 Å². The van der Waals surface area contributed by atoms with E-state index in [-0.39, 0.29) is 22.7 Å². The number of phenolic OH excluding ortho intramolecular Hbond substituents is 1. The first-order chi connectivity index (χ1) is 11.0. The number of carbonyl (C=O) groups is 1. The van der Waals surface area contributed by atoms with Crippen molar-refractivity contribution in [1.82, 2.24) is 0 Å². The molecule has 2 aromatic carbocycles. The third-order valence-electron chi connectivity index (χ3n) is 2.93. The molecule has 0 radical (unpaired) electrons. The molecule has 0 fully saturated rings. The lowest BCUT2D eigenvalue weighted by molar-refractivity contribution is -0.384. The smallest absolute Gasteiger partial charge is 0.269 e. The summed E-state index contributed by atoms with van der Waals surface area (Å²) in [4.78, 5) is 22.1. The molecule has 7 nitrogen and oxygen atoms in total. The first-order valence-corrected chi connectivity index (χ1v) is 6.47. The van der Waals surface area contributed by atoms with Gasteiger partial charge in [-0.05, 0) is 35.9 Å². The molecule has 0 unspecified atom stereocenters. The van der Waals surface area contributed by atoms with E-state index in [1.54, 1.807) is 18.2 Å². The summed E-state index contributed by atoms with van der Waals surface area (Å²) in [6.07, 6.45) is 1.30. The van der Waals surface area contributed by atoms with Crippen LogP contribution in [0.2, 0.25) is 0 Å². The van der Waals surface area contributed by atoms with Crippen molar-refractivity contribution in [3.8, 4) is 11.8 Å². The van der Waals surface area contributed by atoms with Gasteiger partial charge < -0.3 is 10.4 Å². The molecule has 0 aliphatic carbocycles. The van der Waals surface area contributed by atoms with Crippen LogP contribution in [0.5, 0.6) is 5.75 Å². The number of para-hydroxylation sites is 2. The quantitative estimate of drug-likeness (QED) is 0.296.